The summed E-state index contributed by atoms with van der Waals surface area (Å²) in [4.78, 5) is 12.0. The molecule has 2 rings (SSSR count). The standard InChI is InChI=1S/C16H20N2O3/c1-5-17-16(20)15-13(19)8-12(9-14(15)21-4)18-10(2)6-7-11(18)3/h6-9,19H,5H2,1-4H3,(H,17,20). The summed E-state index contributed by atoms with van der Waals surface area (Å²) >= 11 is 0. The molecule has 0 fully saturated rings. The number of aromatic nitrogens is 1. The average molecular weight is 288 g/mol. The maximum Gasteiger partial charge on any atom is 0.258 e. The Kier molecular flexibility index (Phi) is 4.21. The Morgan fingerprint density at radius 3 is 2.43 bits per heavy atom. The molecule has 2 N–H and O–H groups in total. The van der Waals surface area contributed by atoms with Gasteiger partial charge in [-0.25, -0.2) is 0 Å². The number of phenolic OH excluding ortho intramolecular Hbond substituents is 1. The summed E-state index contributed by atoms with van der Waals surface area (Å²) in [6.45, 7) is 6.27. The van der Waals surface area contributed by atoms with E-state index in [2.05, 4.69) is 5.32 Å². The van der Waals surface area contributed by atoms with Gasteiger partial charge in [0.25, 0.3) is 5.91 Å². The highest BCUT2D eigenvalue weighted by atomic mass is 16.5. The quantitative estimate of drug-likeness (QED) is 0.909. The maximum atomic E-state index is 12.0. The normalized spacial score (nSPS) is 10.5. The summed E-state index contributed by atoms with van der Waals surface area (Å²) in [6.07, 6.45) is 0. The monoisotopic (exact) mass is 288 g/mol. The van der Waals surface area contributed by atoms with Crippen molar-refractivity contribution in [3.8, 4) is 17.2 Å². The van der Waals surface area contributed by atoms with E-state index in [-0.39, 0.29) is 17.2 Å². The van der Waals surface area contributed by atoms with Crippen LogP contribution in [0.4, 0.5) is 0 Å². The van der Waals surface area contributed by atoms with Gasteiger partial charge in [-0.2, -0.15) is 0 Å². The number of aromatic hydroxyl groups is 1. The second kappa shape index (κ2) is 5.91. The summed E-state index contributed by atoms with van der Waals surface area (Å²) < 4.78 is 7.27. The first-order chi connectivity index (χ1) is 9.99. The highest BCUT2D eigenvalue weighted by Crippen LogP contribution is 2.32. The number of hydrogen-bond donors (Lipinski definition) is 2. The van der Waals surface area contributed by atoms with Crippen LogP contribution in [0.3, 0.4) is 0 Å². The molecule has 5 heteroatoms. The molecule has 0 aliphatic rings. The molecule has 2 aromatic rings. The van der Waals surface area contributed by atoms with Gasteiger partial charge in [-0.3, -0.25) is 4.79 Å². The van der Waals surface area contributed by atoms with Crippen molar-refractivity contribution in [3.05, 3.63) is 41.2 Å². The Morgan fingerprint density at radius 2 is 1.90 bits per heavy atom. The zero-order valence-corrected chi connectivity index (χ0v) is 12.7. The molecule has 0 radical (unpaired) electrons. The van der Waals surface area contributed by atoms with E-state index in [1.807, 2.05) is 37.5 Å². The number of ether oxygens (including phenoxy) is 1. The van der Waals surface area contributed by atoms with E-state index in [1.165, 1.54) is 7.11 Å². The Morgan fingerprint density at radius 1 is 1.29 bits per heavy atom. The van der Waals surface area contributed by atoms with Crippen LogP contribution in [0.15, 0.2) is 24.3 Å². The van der Waals surface area contributed by atoms with Crippen molar-refractivity contribution in [1.82, 2.24) is 9.88 Å². The largest absolute Gasteiger partial charge is 0.507 e. The number of nitrogens with one attached hydrogen (secondary N) is 1. The van der Waals surface area contributed by atoms with E-state index >= 15 is 0 Å². The lowest BCUT2D eigenvalue weighted by Gasteiger charge is -2.15. The zero-order valence-electron chi connectivity index (χ0n) is 12.7. The lowest BCUT2D eigenvalue weighted by molar-refractivity contribution is 0.0950. The summed E-state index contributed by atoms with van der Waals surface area (Å²) in [6, 6.07) is 7.32. The summed E-state index contributed by atoms with van der Waals surface area (Å²) in [5, 5.41) is 12.9. The van der Waals surface area contributed by atoms with Gasteiger partial charge in [0.15, 0.2) is 0 Å². The first-order valence-electron chi connectivity index (χ1n) is 6.84. The summed E-state index contributed by atoms with van der Waals surface area (Å²) in [5.74, 6) is -0.0920. The van der Waals surface area contributed by atoms with E-state index in [0.29, 0.717) is 12.3 Å². The molecule has 0 unspecified atom stereocenters. The van der Waals surface area contributed by atoms with Crippen molar-refractivity contribution in [3.63, 3.8) is 0 Å². The number of methoxy groups -OCH3 is 1. The third-order valence-electron chi connectivity index (χ3n) is 3.38. The molecule has 21 heavy (non-hydrogen) atoms. The van der Waals surface area contributed by atoms with Crippen molar-refractivity contribution < 1.29 is 14.6 Å². The van der Waals surface area contributed by atoms with Crippen LogP contribution in [0.5, 0.6) is 11.5 Å². The first kappa shape index (κ1) is 15.0. The lowest BCUT2D eigenvalue weighted by Crippen LogP contribution is -2.23. The molecule has 0 saturated carbocycles. The summed E-state index contributed by atoms with van der Waals surface area (Å²) in [7, 11) is 1.48. The van der Waals surface area contributed by atoms with Gasteiger partial charge in [0.2, 0.25) is 0 Å². The van der Waals surface area contributed by atoms with Crippen LogP contribution < -0.4 is 10.1 Å². The van der Waals surface area contributed by atoms with Crippen molar-refractivity contribution in [2.75, 3.05) is 13.7 Å². The molecule has 1 amide bonds. The second-order valence-electron chi connectivity index (χ2n) is 4.85. The molecule has 1 aromatic heterocycles. The van der Waals surface area contributed by atoms with Gasteiger partial charge in [-0.15, -0.1) is 0 Å². The molecule has 112 valence electrons. The zero-order chi connectivity index (χ0) is 15.6. The predicted octanol–water partition coefficient (Wildman–Crippen LogP) is 2.56. The molecule has 0 atom stereocenters. The number of aryl methyl sites for hydroxylation is 2. The number of phenols is 1. The van der Waals surface area contributed by atoms with Crippen LogP contribution in [-0.2, 0) is 0 Å². The lowest BCUT2D eigenvalue weighted by atomic mass is 10.1. The minimum atomic E-state index is -0.348. The minimum Gasteiger partial charge on any atom is -0.507 e. The van der Waals surface area contributed by atoms with Crippen LogP contribution in [0.1, 0.15) is 28.7 Å². The highest BCUT2D eigenvalue weighted by Gasteiger charge is 2.19. The topological polar surface area (TPSA) is 63.5 Å². The number of carbonyl (C=O) groups excluding carboxylic acids is 1. The average Bonchev–Trinajstić information content (AvgIpc) is 2.77. The number of rotatable bonds is 4. The molecule has 0 spiro atoms. The predicted molar refractivity (Wildman–Crippen MR) is 81.5 cm³/mol. The molecule has 1 heterocycles. The van der Waals surface area contributed by atoms with Crippen molar-refractivity contribution in [2.24, 2.45) is 0 Å². The van der Waals surface area contributed by atoms with Crippen molar-refractivity contribution in [2.45, 2.75) is 20.8 Å². The Balaban J connectivity index is 2.59. The molecule has 0 aliphatic carbocycles. The van der Waals surface area contributed by atoms with Gasteiger partial charge in [-0.1, -0.05) is 0 Å². The van der Waals surface area contributed by atoms with Crippen LogP contribution in [0, 0.1) is 13.8 Å². The fraction of sp³-hybridized carbons (Fsp3) is 0.312. The molecular formula is C16H20N2O3. The number of carbonyl (C=O) groups is 1. The van der Waals surface area contributed by atoms with Gasteiger partial charge in [-0.05, 0) is 32.9 Å². The highest BCUT2D eigenvalue weighted by molar-refractivity contribution is 6.00. The summed E-state index contributed by atoms with van der Waals surface area (Å²) in [5.41, 5.74) is 3.00. The smallest absolute Gasteiger partial charge is 0.258 e. The van der Waals surface area contributed by atoms with Gasteiger partial charge < -0.3 is 19.7 Å². The van der Waals surface area contributed by atoms with Gasteiger partial charge >= 0.3 is 0 Å². The Labute approximate surface area is 124 Å². The number of nitrogens with zero attached hydrogens (tertiary/aromatic N) is 1. The van der Waals surface area contributed by atoms with Crippen molar-refractivity contribution >= 4 is 5.91 Å². The van der Waals surface area contributed by atoms with E-state index in [9.17, 15) is 9.90 Å². The molecule has 1 aromatic carbocycles. The minimum absolute atomic E-state index is 0.0946. The fourth-order valence-electron chi connectivity index (χ4n) is 2.43. The SMILES string of the molecule is CCNC(=O)c1c(O)cc(-n2c(C)ccc2C)cc1OC. The van der Waals surface area contributed by atoms with E-state index < -0.39 is 0 Å². The van der Waals surface area contributed by atoms with Crippen LogP contribution in [-0.4, -0.2) is 29.2 Å². The number of hydrogen-bond acceptors (Lipinski definition) is 3. The van der Waals surface area contributed by atoms with Crippen LogP contribution in [0.2, 0.25) is 0 Å². The Hall–Kier alpha value is -2.43. The van der Waals surface area contributed by atoms with E-state index in [1.54, 1.807) is 12.1 Å². The van der Waals surface area contributed by atoms with Crippen LogP contribution >= 0.6 is 0 Å². The number of benzene rings is 1. The fourth-order valence-corrected chi connectivity index (χ4v) is 2.43. The third kappa shape index (κ3) is 2.72. The van der Waals surface area contributed by atoms with Gasteiger partial charge in [0.05, 0.1) is 12.8 Å². The number of amides is 1. The molecule has 5 nitrogen and oxygen atoms in total. The van der Waals surface area contributed by atoms with Gasteiger partial charge in [0.1, 0.15) is 17.1 Å². The molecule has 0 aliphatic heterocycles. The maximum absolute atomic E-state index is 12.0. The van der Waals surface area contributed by atoms with E-state index in [0.717, 1.165) is 17.1 Å². The third-order valence-corrected chi connectivity index (χ3v) is 3.38. The van der Waals surface area contributed by atoms with Crippen molar-refractivity contribution in [1.29, 1.82) is 0 Å². The first-order valence-corrected chi connectivity index (χ1v) is 6.84. The molecule has 0 bridgehead atoms. The van der Waals surface area contributed by atoms with Crippen LogP contribution in [0.25, 0.3) is 5.69 Å². The van der Waals surface area contributed by atoms with E-state index in [4.69, 9.17) is 4.74 Å². The molecule has 0 saturated heterocycles. The second-order valence-corrected chi connectivity index (χ2v) is 4.85. The molecular weight excluding hydrogens is 268 g/mol. The van der Waals surface area contributed by atoms with Gasteiger partial charge in [0, 0.05) is 30.1 Å². The Bertz CT molecular complexity index is 655.